The van der Waals surface area contributed by atoms with Gasteiger partial charge in [-0.25, -0.2) is 10.6 Å². The van der Waals surface area contributed by atoms with Crippen molar-refractivity contribution in [2.45, 2.75) is 0 Å². The van der Waals surface area contributed by atoms with Crippen molar-refractivity contribution in [1.29, 1.82) is 0 Å². The maximum atomic E-state index is 10.8. The quantitative estimate of drug-likeness (QED) is 0.321. The average molecular weight is 312 g/mol. The number of carbonyl (C=O) groups excluding carboxylic acids is 1. The summed E-state index contributed by atoms with van der Waals surface area (Å²) >= 11 is 7.80. The lowest BCUT2D eigenvalue weighted by Gasteiger charge is -2.06. The number of carbonyl (C=O) groups is 1. The number of amides is 2. The third-order valence-corrected chi connectivity index (χ3v) is 2.44. The van der Waals surface area contributed by atoms with Crippen LogP contribution >= 0.6 is 34.2 Å². The van der Waals surface area contributed by atoms with Gasteiger partial charge in [0.15, 0.2) is 0 Å². The second-order valence-corrected chi connectivity index (χ2v) is 3.82. The van der Waals surface area contributed by atoms with Gasteiger partial charge in [-0.05, 0) is 40.8 Å². The second kappa shape index (κ2) is 4.64. The minimum absolute atomic E-state index is 0.458. The molecule has 70 valence electrons. The van der Waals surface area contributed by atoms with Crippen molar-refractivity contribution in [3.05, 3.63) is 26.8 Å². The molecule has 0 radical (unpaired) electrons. The van der Waals surface area contributed by atoms with Crippen LogP contribution in [0.4, 0.5) is 10.5 Å². The molecule has 0 aliphatic rings. The number of hydrogen-bond acceptors (Lipinski definition) is 2. The molecule has 2 amide bonds. The minimum Gasteiger partial charge on any atom is -0.306 e. The van der Waals surface area contributed by atoms with Crippen LogP contribution in [0.15, 0.2) is 18.2 Å². The maximum absolute atomic E-state index is 10.8. The molecule has 1 aromatic rings. The Labute approximate surface area is 93.9 Å². The largest absolute Gasteiger partial charge is 0.333 e. The normalized spacial score (nSPS) is 9.46. The molecule has 0 atom stereocenters. The van der Waals surface area contributed by atoms with E-state index in [4.69, 9.17) is 17.4 Å². The van der Waals surface area contributed by atoms with E-state index >= 15 is 0 Å². The van der Waals surface area contributed by atoms with Crippen molar-refractivity contribution in [1.82, 2.24) is 5.43 Å². The fourth-order valence-electron chi connectivity index (χ4n) is 0.749. The SMILES string of the molecule is NNC(=O)Nc1ccc(Cl)cc1I. The first-order valence-corrected chi connectivity index (χ1v) is 4.82. The van der Waals surface area contributed by atoms with Crippen molar-refractivity contribution in [2.24, 2.45) is 5.84 Å². The first-order valence-electron chi connectivity index (χ1n) is 3.36. The molecule has 13 heavy (non-hydrogen) atoms. The Morgan fingerprint density at radius 2 is 2.23 bits per heavy atom. The number of rotatable bonds is 1. The van der Waals surface area contributed by atoms with E-state index in [1.54, 1.807) is 18.2 Å². The van der Waals surface area contributed by atoms with Gasteiger partial charge in [0.2, 0.25) is 0 Å². The third kappa shape index (κ3) is 3.02. The van der Waals surface area contributed by atoms with Crippen LogP contribution in [0, 0.1) is 3.57 Å². The van der Waals surface area contributed by atoms with Gasteiger partial charge in [0.1, 0.15) is 0 Å². The minimum atomic E-state index is -0.458. The van der Waals surface area contributed by atoms with Crippen LogP contribution in [0.3, 0.4) is 0 Å². The first-order chi connectivity index (χ1) is 6.13. The molecule has 4 nitrogen and oxygen atoms in total. The number of hydrazine groups is 1. The predicted octanol–water partition coefficient (Wildman–Crippen LogP) is 1.94. The monoisotopic (exact) mass is 311 g/mol. The summed E-state index contributed by atoms with van der Waals surface area (Å²) in [7, 11) is 0. The summed E-state index contributed by atoms with van der Waals surface area (Å²) in [4.78, 5) is 10.8. The molecule has 1 rings (SSSR count). The van der Waals surface area contributed by atoms with Gasteiger partial charge < -0.3 is 5.32 Å². The van der Waals surface area contributed by atoms with Crippen molar-refractivity contribution in [2.75, 3.05) is 5.32 Å². The molecular weight excluding hydrogens is 304 g/mol. The topological polar surface area (TPSA) is 67.1 Å². The lowest BCUT2D eigenvalue weighted by Crippen LogP contribution is -2.34. The number of nitrogens with one attached hydrogen (secondary N) is 2. The maximum Gasteiger partial charge on any atom is 0.333 e. The van der Waals surface area contributed by atoms with Crippen molar-refractivity contribution in [3.63, 3.8) is 0 Å². The fraction of sp³-hybridized carbons (Fsp3) is 0. The highest BCUT2D eigenvalue weighted by Crippen LogP contribution is 2.21. The lowest BCUT2D eigenvalue weighted by atomic mass is 10.3. The zero-order valence-electron chi connectivity index (χ0n) is 6.47. The van der Waals surface area contributed by atoms with Crippen LogP contribution in [0.25, 0.3) is 0 Å². The Hall–Kier alpha value is -0.530. The highest BCUT2D eigenvalue weighted by molar-refractivity contribution is 14.1. The molecule has 0 heterocycles. The summed E-state index contributed by atoms with van der Waals surface area (Å²) in [6.45, 7) is 0. The van der Waals surface area contributed by atoms with Crippen LogP contribution in [0.5, 0.6) is 0 Å². The zero-order valence-corrected chi connectivity index (χ0v) is 9.39. The molecule has 0 aromatic heterocycles. The smallest absolute Gasteiger partial charge is 0.306 e. The first kappa shape index (κ1) is 10.6. The molecule has 0 aliphatic heterocycles. The molecule has 0 saturated heterocycles. The third-order valence-electron chi connectivity index (χ3n) is 1.31. The average Bonchev–Trinajstić information content (AvgIpc) is 2.09. The number of halogens is 2. The molecule has 0 fully saturated rings. The van der Waals surface area contributed by atoms with E-state index in [0.717, 1.165) is 3.57 Å². The van der Waals surface area contributed by atoms with Gasteiger partial charge in [-0.2, -0.15) is 0 Å². The Morgan fingerprint density at radius 1 is 1.54 bits per heavy atom. The number of urea groups is 1. The van der Waals surface area contributed by atoms with Gasteiger partial charge >= 0.3 is 6.03 Å². The summed E-state index contributed by atoms with van der Waals surface area (Å²) < 4.78 is 0.855. The van der Waals surface area contributed by atoms with Gasteiger partial charge in [0, 0.05) is 8.59 Å². The molecular formula is C7H7ClIN3O. The summed E-state index contributed by atoms with van der Waals surface area (Å²) in [5.74, 6) is 4.91. The summed E-state index contributed by atoms with van der Waals surface area (Å²) in [6, 6.07) is 4.68. The van der Waals surface area contributed by atoms with Gasteiger partial charge in [-0.1, -0.05) is 11.6 Å². The van der Waals surface area contributed by atoms with Crippen molar-refractivity contribution >= 4 is 45.9 Å². The van der Waals surface area contributed by atoms with E-state index in [1.807, 2.05) is 5.43 Å². The molecule has 6 heteroatoms. The molecule has 0 saturated carbocycles. The van der Waals surface area contributed by atoms with Gasteiger partial charge in [0.05, 0.1) is 5.69 Å². The highest BCUT2D eigenvalue weighted by Gasteiger charge is 2.03. The number of benzene rings is 1. The predicted molar refractivity (Wildman–Crippen MR) is 60.5 cm³/mol. The van der Waals surface area contributed by atoms with Crippen molar-refractivity contribution < 1.29 is 4.79 Å². The Kier molecular flexibility index (Phi) is 3.76. The standard InChI is InChI=1S/C7H7ClIN3O/c8-4-1-2-6(5(9)3-4)11-7(13)12-10/h1-3H,10H2,(H2,11,12,13). The zero-order chi connectivity index (χ0) is 9.84. The number of anilines is 1. The Bertz CT molecular complexity index is 332. The van der Waals surface area contributed by atoms with E-state index in [1.165, 1.54) is 0 Å². The van der Waals surface area contributed by atoms with E-state index in [0.29, 0.717) is 10.7 Å². The van der Waals surface area contributed by atoms with E-state index in [9.17, 15) is 4.79 Å². The van der Waals surface area contributed by atoms with Crippen LogP contribution in [0.2, 0.25) is 5.02 Å². The van der Waals surface area contributed by atoms with Crippen LogP contribution in [0.1, 0.15) is 0 Å². The highest BCUT2D eigenvalue weighted by atomic mass is 127. The summed E-state index contributed by atoms with van der Waals surface area (Å²) in [5, 5.41) is 3.17. The van der Waals surface area contributed by atoms with E-state index in [-0.39, 0.29) is 0 Å². The van der Waals surface area contributed by atoms with Crippen molar-refractivity contribution in [3.8, 4) is 0 Å². The Balaban J connectivity index is 2.83. The molecule has 4 N–H and O–H groups in total. The van der Waals surface area contributed by atoms with E-state index < -0.39 is 6.03 Å². The Morgan fingerprint density at radius 3 is 2.77 bits per heavy atom. The van der Waals surface area contributed by atoms with Crippen LogP contribution < -0.4 is 16.6 Å². The van der Waals surface area contributed by atoms with Crippen LogP contribution in [-0.2, 0) is 0 Å². The van der Waals surface area contributed by atoms with Gasteiger partial charge in [0.25, 0.3) is 0 Å². The summed E-state index contributed by atoms with van der Waals surface area (Å²) in [5.41, 5.74) is 2.64. The lowest BCUT2D eigenvalue weighted by molar-refractivity contribution is 0.252. The number of hydrogen-bond donors (Lipinski definition) is 3. The molecule has 0 spiro atoms. The van der Waals surface area contributed by atoms with Crippen LogP contribution in [-0.4, -0.2) is 6.03 Å². The molecule has 1 aromatic carbocycles. The van der Waals surface area contributed by atoms with Gasteiger partial charge in [-0.15, -0.1) is 0 Å². The fourth-order valence-corrected chi connectivity index (χ4v) is 1.76. The molecule has 0 aliphatic carbocycles. The number of nitrogens with two attached hydrogens (primary N) is 1. The van der Waals surface area contributed by atoms with Gasteiger partial charge in [-0.3, -0.25) is 5.43 Å². The second-order valence-electron chi connectivity index (χ2n) is 2.22. The summed E-state index contributed by atoms with van der Waals surface area (Å²) in [6.07, 6.45) is 0. The molecule has 0 bridgehead atoms. The van der Waals surface area contributed by atoms with E-state index in [2.05, 4.69) is 27.9 Å². The molecule has 0 unspecified atom stereocenters.